The molecule has 2 aliphatic carbocycles. The van der Waals surface area contributed by atoms with Crippen LogP contribution in [0.5, 0.6) is 0 Å². The summed E-state index contributed by atoms with van der Waals surface area (Å²) >= 11 is 0. The molecule has 0 saturated carbocycles. The van der Waals surface area contributed by atoms with Crippen LogP contribution in [0.15, 0.2) is 261 Å². The molecule has 302 valence electrons. The van der Waals surface area contributed by atoms with E-state index in [1.54, 1.807) is 0 Å². The van der Waals surface area contributed by atoms with Gasteiger partial charge < -0.3 is 14.7 Å². The first kappa shape index (κ1) is 37.4. The Morgan fingerprint density at radius 1 is 0.188 bits per heavy atom. The third-order valence-corrected chi connectivity index (χ3v) is 13.0. The summed E-state index contributed by atoms with van der Waals surface area (Å²) in [6.45, 7) is 0. The zero-order valence-electron chi connectivity index (χ0n) is 35.2. The van der Waals surface area contributed by atoms with Crippen molar-refractivity contribution in [2.24, 2.45) is 0 Å². The van der Waals surface area contributed by atoms with Gasteiger partial charge in [-0.05, 0) is 154 Å². The predicted octanol–water partition coefficient (Wildman–Crippen LogP) is 16.4. The second kappa shape index (κ2) is 15.5. The Morgan fingerprint density at radius 2 is 0.422 bits per heavy atom. The first-order valence-electron chi connectivity index (χ1n) is 22.0. The van der Waals surface area contributed by atoms with Crippen molar-refractivity contribution in [2.75, 3.05) is 14.7 Å². The Morgan fingerprint density at radius 3 is 0.703 bits per heavy atom. The highest BCUT2D eigenvalue weighted by molar-refractivity contribution is 5.98. The third kappa shape index (κ3) is 5.97. The summed E-state index contributed by atoms with van der Waals surface area (Å²) < 4.78 is 0. The number of anilines is 9. The summed E-state index contributed by atoms with van der Waals surface area (Å²) in [5.74, 6) is 0. The molecule has 0 unspecified atom stereocenters. The summed E-state index contributed by atoms with van der Waals surface area (Å²) in [5.41, 5.74) is 19.4. The maximum absolute atomic E-state index is 2.48. The molecule has 3 nitrogen and oxygen atoms in total. The van der Waals surface area contributed by atoms with E-state index in [2.05, 4.69) is 276 Å². The molecule has 0 bridgehead atoms. The van der Waals surface area contributed by atoms with Crippen LogP contribution in [0.1, 0.15) is 22.3 Å². The van der Waals surface area contributed by atoms with Crippen LogP contribution in [-0.2, 0) is 5.41 Å². The second-order valence-corrected chi connectivity index (χ2v) is 16.5. The van der Waals surface area contributed by atoms with Crippen molar-refractivity contribution >= 4 is 51.2 Å². The van der Waals surface area contributed by atoms with Gasteiger partial charge in [0.25, 0.3) is 0 Å². The fourth-order valence-corrected chi connectivity index (χ4v) is 10.4. The largest absolute Gasteiger partial charge is 0.310 e. The average molecular weight is 818 g/mol. The summed E-state index contributed by atoms with van der Waals surface area (Å²) in [5, 5.41) is 0. The average Bonchev–Trinajstić information content (AvgIpc) is 3.82. The Balaban J connectivity index is 1.16. The molecular weight excluding hydrogens is 775 g/mol. The quantitative estimate of drug-likeness (QED) is 0.144. The molecule has 0 N–H and O–H groups in total. The van der Waals surface area contributed by atoms with Gasteiger partial charge in [-0.1, -0.05) is 152 Å². The molecule has 0 fully saturated rings. The molecule has 0 radical (unpaired) electrons. The van der Waals surface area contributed by atoms with Crippen molar-refractivity contribution < 1.29 is 0 Å². The van der Waals surface area contributed by atoms with Crippen LogP contribution in [0.4, 0.5) is 51.2 Å². The summed E-state index contributed by atoms with van der Waals surface area (Å²) in [4.78, 5) is 7.17. The van der Waals surface area contributed by atoms with Crippen LogP contribution < -0.4 is 14.7 Å². The molecule has 0 aromatic heterocycles. The highest BCUT2D eigenvalue weighted by Gasteiger charge is 2.52. The molecule has 12 rings (SSSR count). The van der Waals surface area contributed by atoms with Crippen molar-refractivity contribution in [2.45, 2.75) is 5.41 Å². The van der Waals surface area contributed by atoms with Crippen LogP contribution in [0, 0.1) is 0 Å². The minimum atomic E-state index is -0.657. The lowest BCUT2D eigenvalue weighted by Crippen LogP contribution is -2.27. The maximum Gasteiger partial charge on any atom is 0.0727 e. The van der Waals surface area contributed by atoms with E-state index < -0.39 is 5.41 Å². The number of fused-ring (bicyclic) bond motifs is 10. The molecule has 0 aliphatic heterocycles. The molecule has 64 heavy (non-hydrogen) atoms. The molecule has 3 heteroatoms. The van der Waals surface area contributed by atoms with Gasteiger partial charge in [0.05, 0.1) is 5.41 Å². The predicted molar refractivity (Wildman–Crippen MR) is 267 cm³/mol. The molecule has 0 atom stereocenters. The molecule has 10 aromatic carbocycles. The van der Waals surface area contributed by atoms with Crippen molar-refractivity contribution in [1.29, 1.82) is 0 Å². The van der Waals surface area contributed by atoms with E-state index in [0.29, 0.717) is 0 Å². The number of hydrogen-bond donors (Lipinski definition) is 0. The van der Waals surface area contributed by atoms with Crippen LogP contribution in [0.3, 0.4) is 0 Å². The summed E-state index contributed by atoms with van der Waals surface area (Å²) in [6, 6.07) is 95.0. The van der Waals surface area contributed by atoms with Gasteiger partial charge in [0.2, 0.25) is 0 Å². The molecule has 0 heterocycles. The fourth-order valence-electron chi connectivity index (χ4n) is 10.4. The fraction of sp³-hybridized carbons (Fsp3) is 0.0164. The molecule has 1 spiro atoms. The van der Waals surface area contributed by atoms with E-state index in [9.17, 15) is 0 Å². The van der Waals surface area contributed by atoms with Gasteiger partial charge in [-0.2, -0.15) is 0 Å². The van der Waals surface area contributed by atoms with Crippen molar-refractivity contribution in [3.8, 4) is 22.3 Å². The molecule has 2 aliphatic rings. The van der Waals surface area contributed by atoms with Gasteiger partial charge in [0.1, 0.15) is 0 Å². The van der Waals surface area contributed by atoms with E-state index in [1.165, 1.54) is 44.5 Å². The van der Waals surface area contributed by atoms with Crippen molar-refractivity contribution in [3.05, 3.63) is 283 Å². The zero-order chi connectivity index (χ0) is 42.5. The van der Waals surface area contributed by atoms with E-state index in [1.807, 2.05) is 0 Å². The normalized spacial score (nSPS) is 12.5. The van der Waals surface area contributed by atoms with Crippen molar-refractivity contribution in [1.82, 2.24) is 0 Å². The Hall–Kier alpha value is -8.40. The number of benzene rings is 10. The SMILES string of the molecule is c1ccc(N(c2ccccc2)c2ccc3c(c2)C2(c4ccccc4-3)c3cc(N(c4ccccc4)c4ccccc4)ccc3-c3ccc(N(c4ccccc4)c4ccccc4)cc32)cc1. The standard InChI is InChI=1S/C61H43N3/c1-7-21-44(22-8-1)62(45-23-9-2-10-24-45)50-35-38-54-53-33-19-20-34-57(53)61(58(54)41-50)59-42-51(63(46-25-11-3-12-26-46)47-27-13-4-14-28-47)36-39-55(59)56-40-37-52(43-60(56)61)64(48-29-15-5-16-30-48)49-31-17-6-18-32-49/h1-43H. The smallest absolute Gasteiger partial charge is 0.0727 e. The third-order valence-electron chi connectivity index (χ3n) is 13.0. The van der Waals surface area contributed by atoms with Gasteiger partial charge >= 0.3 is 0 Å². The highest BCUT2D eigenvalue weighted by Crippen LogP contribution is 2.64. The van der Waals surface area contributed by atoms with Crippen LogP contribution in [0.2, 0.25) is 0 Å². The van der Waals surface area contributed by atoms with Crippen LogP contribution in [-0.4, -0.2) is 0 Å². The van der Waals surface area contributed by atoms with Crippen LogP contribution >= 0.6 is 0 Å². The molecule has 10 aromatic rings. The van der Waals surface area contributed by atoms with E-state index in [0.717, 1.165) is 51.2 Å². The maximum atomic E-state index is 2.48. The first-order valence-corrected chi connectivity index (χ1v) is 22.0. The van der Waals surface area contributed by atoms with Gasteiger partial charge in [0.15, 0.2) is 0 Å². The monoisotopic (exact) mass is 817 g/mol. The lowest BCUT2D eigenvalue weighted by atomic mass is 9.70. The van der Waals surface area contributed by atoms with E-state index >= 15 is 0 Å². The topological polar surface area (TPSA) is 9.72 Å². The zero-order valence-corrected chi connectivity index (χ0v) is 35.2. The Labute approximate surface area is 375 Å². The second-order valence-electron chi connectivity index (χ2n) is 16.5. The lowest BCUT2D eigenvalue weighted by molar-refractivity contribution is 0.793. The minimum absolute atomic E-state index is 0.657. The minimum Gasteiger partial charge on any atom is -0.310 e. The number of hydrogen-bond acceptors (Lipinski definition) is 3. The molecular formula is C61H43N3. The van der Waals surface area contributed by atoms with Gasteiger partial charge in [-0.3, -0.25) is 0 Å². The molecule has 0 amide bonds. The Kier molecular flexibility index (Phi) is 9.05. The van der Waals surface area contributed by atoms with Gasteiger partial charge in [0, 0.05) is 51.2 Å². The van der Waals surface area contributed by atoms with E-state index in [-0.39, 0.29) is 0 Å². The van der Waals surface area contributed by atoms with Gasteiger partial charge in [-0.15, -0.1) is 0 Å². The first-order chi connectivity index (χ1) is 31.8. The van der Waals surface area contributed by atoms with Crippen LogP contribution in [0.25, 0.3) is 22.3 Å². The number of para-hydroxylation sites is 6. The van der Waals surface area contributed by atoms with Gasteiger partial charge in [-0.25, -0.2) is 0 Å². The highest BCUT2D eigenvalue weighted by atomic mass is 15.2. The molecule has 0 saturated heterocycles. The Bertz CT molecular complexity index is 2880. The number of rotatable bonds is 9. The summed E-state index contributed by atoms with van der Waals surface area (Å²) in [6.07, 6.45) is 0. The van der Waals surface area contributed by atoms with Crippen molar-refractivity contribution in [3.63, 3.8) is 0 Å². The lowest BCUT2D eigenvalue weighted by Gasteiger charge is -2.34. The van der Waals surface area contributed by atoms with E-state index in [4.69, 9.17) is 0 Å². The summed E-state index contributed by atoms with van der Waals surface area (Å²) in [7, 11) is 0. The number of nitrogens with zero attached hydrogens (tertiary/aromatic N) is 3.